The summed E-state index contributed by atoms with van der Waals surface area (Å²) in [5, 5.41) is 0.545. The molecule has 5 heteroatoms. The molecule has 1 amide bonds. The molecule has 0 aromatic heterocycles. The Bertz CT molecular complexity index is 1260. The summed E-state index contributed by atoms with van der Waals surface area (Å²) in [6.07, 6.45) is 3.48. The number of aryl methyl sites for hydroxylation is 1. The van der Waals surface area contributed by atoms with Gasteiger partial charge >= 0.3 is 0 Å². The molecule has 3 aromatic carbocycles. The van der Waals surface area contributed by atoms with Crippen molar-refractivity contribution in [1.29, 1.82) is 0 Å². The van der Waals surface area contributed by atoms with E-state index in [4.69, 9.17) is 16.3 Å². The van der Waals surface area contributed by atoms with Crippen molar-refractivity contribution < 1.29 is 14.3 Å². The maximum Gasteiger partial charge on any atom is 0.254 e. The highest BCUT2D eigenvalue weighted by Crippen LogP contribution is 2.42. The van der Waals surface area contributed by atoms with Crippen LogP contribution in [0.25, 0.3) is 11.6 Å². The second-order valence-electron chi connectivity index (χ2n) is 9.11. The van der Waals surface area contributed by atoms with Crippen molar-refractivity contribution in [2.45, 2.75) is 31.8 Å². The molecule has 0 atom stereocenters. The molecule has 0 bridgehead atoms. The van der Waals surface area contributed by atoms with Gasteiger partial charge in [0.2, 0.25) is 0 Å². The lowest BCUT2D eigenvalue weighted by Gasteiger charge is -2.44. The molecule has 34 heavy (non-hydrogen) atoms. The van der Waals surface area contributed by atoms with Crippen LogP contribution in [0, 0.1) is 6.92 Å². The fourth-order valence-corrected chi connectivity index (χ4v) is 5.15. The number of halogens is 1. The Kier molecular flexibility index (Phi) is 6.01. The van der Waals surface area contributed by atoms with Gasteiger partial charge in [-0.1, -0.05) is 72.3 Å². The van der Waals surface area contributed by atoms with E-state index in [1.807, 2.05) is 84.6 Å². The van der Waals surface area contributed by atoms with E-state index in [0.29, 0.717) is 54.3 Å². The average Bonchev–Trinajstić information content (AvgIpc) is 2.85. The molecule has 172 valence electrons. The largest absolute Gasteiger partial charge is 0.486 e. The van der Waals surface area contributed by atoms with Crippen molar-refractivity contribution in [1.82, 2.24) is 4.90 Å². The van der Waals surface area contributed by atoms with Crippen molar-refractivity contribution in [3.8, 4) is 5.75 Å². The van der Waals surface area contributed by atoms with Gasteiger partial charge in [0.25, 0.3) is 5.91 Å². The second kappa shape index (κ2) is 9.11. The number of benzene rings is 3. The zero-order chi connectivity index (χ0) is 23.7. The summed E-state index contributed by atoms with van der Waals surface area (Å²) in [7, 11) is 0. The molecule has 5 rings (SSSR count). The van der Waals surface area contributed by atoms with Gasteiger partial charge in [-0.05, 0) is 41.8 Å². The van der Waals surface area contributed by atoms with Crippen molar-refractivity contribution in [2.75, 3.05) is 13.1 Å². The summed E-state index contributed by atoms with van der Waals surface area (Å²) in [5.74, 6) is 0.686. The normalized spacial score (nSPS) is 17.3. The minimum absolute atomic E-state index is 0.00426. The first kappa shape index (κ1) is 22.4. The number of Topliss-reactive ketones (excluding diaryl/α,β-unsaturated/α-hetero) is 1. The summed E-state index contributed by atoms with van der Waals surface area (Å²) in [6.45, 7) is 2.98. The van der Waals surface area contributed by atoms with Crippen LogP contribution >= 0.6 is 11.6 Å². The standard InChI is InChI=1S/C29H26ClNO3/c1-20-16-23(30)18-25-26(32)19-29(34-27(20)25)12-14-31(15-13-29)28(33)24(22-10-6-3-7-11-22)17-21-8-4-2-5-9-21/h2-11,16-18H,12-15,19H2,1H3/b24-17-. The Balaban J connectivity index is 1.38. The zero-order valence-corrected chi connectivity index (χ0v) is 19.8. The number of fused-ring (bicyclic) bond motifs is 1. The fraction of sp³-hybridized carbons (Fsp3) is 0.241. The van der Waals surface area contributed by atoms with Crippen LogP contribution in [-0.2, 0) is 4.79 Å². The maximum atomic E-state index is 13.7. The topological polar surface area (TPSA) is 46.6 Å². The van der Waals surface area contributed by atoms with Crippen LogP contribution in [0.15, 0.2) is 72.8 Å². The highest BCUT2D eigenvalue weighted by molar-refractivity contribution is 6.31. The van der Waals surface area contributed by atoms with Gasteiger partial charge in [-0.25, -0.2) is 0 Å². The Morgan fingerprint density at radius 1 is 1.00 bits per heavy atom. The van der Waals surface area contributed by atoms with Crippen LogP contribution in [0.2, 0.25) is 5.02 Å². The van der Waals surface area contributed by atoms with Gasteiger partial charge in [0, 0.05) is 36.5 Å². The molecule has 0 aliphatic carbocycles. The van der Waals surface area contributed by atoms with Gasteiger partial charge < -0.3 is 9.64 Å². The summed E-state index contributed by atoms with van der Waals surface area (Å²) >= 11 is 6.16. The number of rotatable bonds is 3. The fourth-order valence-electron chi connectivity index (χ4n) is 4.88. The van der Waals surface area contributed by atoms with Crippen molar-refractivity contribution >= 4 is 34.9 Å². The zero-order valence-electron chi connectivity index (χ0n) is 19.1. The number of carbonyl (C=O) groups excluding carboxylic acids is 2. The lowest BCUT2D eigenvalue weighted by atomic mass is 9.81. The first-order valence-corrected chi connectivity index (χ1v) is 12.0. The number of amides is 1. The average molecular weight is 472 g/mol. The van der Waals surface area contributed by atoms with Crippen molar-refractivity contribution in [3.05, 3.63) is 100 Å². The molecule has 0 radical (unpaired) electrons. The molecule has 4 nitrogen and oxygen atoms in total. The number of piperidine rings is 1. The molecule has 2 aliphatic heterocycles. The molecule has 1 fully saturated rings. The van der Waals surface area contributed by atoms with Crippen LogP contribution in [0.1, 0.15) is 46.3 Å². The molecule has 2 heterocycles. The molecule has 1 saturated heterocycles. The number of ketones is 1. The SMILES string of the molecule is Cc1cc(Cl)cc2c1OC1(CCN(C(=O)/C(=C\c3ccccc3)c3ccccc3)CC1)CC2=O. The van der Waals surface area contributed by atoms with Crippen LogP contribution in [0.5, 0.6) is 5.75 Å². The van der Waals surface area contributed by atoms with Crippen LogP contribution in [0.4, 0.5) is 0 Å². The van der Waals surface area contributed by atoms with Crippen molar-refractivity contribution in [2.24, 2.45) is 0 Å². The molecule has 0 saturated carbocycles. The van der Waals surface area contributed by atoms with Gasteiger partial charge in [-0.3, -0.25) is 9.59 Å². The van der Waals surface area contributed by atoms with E-state index in [0.717, 1.165) is 16.7 Å². The van der Waals surface area contributed by atoms with Crippen molar-refractivity contribution in [3.63, 3.8) is 0 Å². The van der Waals surface area contributed by atoms with E-state index in [1.54, 1.807) is 6.07 Å². The van der Waals surface area contributed by atoms with Crippen LogP contribution < -0.4 is 4.74 Å². The van der Waals surface area contributed by atoms with E-state index in [2.05, 4.69) is 0 Å². The minimum atomic E-state index is -0.574. The third kappa shape index (κ3) is 4.38. The Hall–Kier alpha value is -3.37. The number of hydrogen-bond donors (Lipinski definition) is 0. The van der Waals surface area contributed by atoms with Crippen LogP contribution in [-0.4, -0.2) is 35.3 Å². The first-order chi connectivity index (χ1) is 16.4. The van der Waals surface area contributed by atoms with E-state index >= 15 is 0 Å². The summed E-state index contributed by atoms with van der Waals surface area (Å²) in [4.78, 5) is 28.5. The highest BCUT2D eigenvalue weighted by atomic mass is 35.5. The lowest BCUT2D eigenvalue weighted by Crippen LogP contribution is -2.52. The third-order valence-corrected chi connectivity index (χ3v) is 6.95. The van der Waals surface area contributed by atoms with Gasteiger partial charge in [0.15, 0.2) is 5.78 Å². The van der Waals surface area contributed by atoms with Gasteiger partial charge in [0.1, 0.15) is 11.4 Å². The molecule has 3 aromatic rings. The van der Waals surface area contributed by atoms with E-state index in [1.165, 1.54) is 0 Å². The Morgan fingerprint density at radius 2 is 1.65 bits per heavy atom. The predicted molar refractivity (Wildman–Crippen MR) is 135 cm³/mol. The Labute approximate surface area is 204 Å². The van der Waals surface area contributed by atoms with Crippen LogP contribution in [0.3, 0.4) is 0 Å². The molecule has 1 spiro atoms. The third-order valence-electron chi connectivity index (χ3n) is 6.73. The van der Waals surface area contributed by atoms with E-state index < -0.39 is 5.60 Å². The first-order valence-electron chi connectivity index (χ1n) is 11.6. The molecule has 0 N–H and O–H groups in total. The minimum Gasteiger partial charge on any atom is -0.486 e. The summed E-state index contributed by atoms with van der Waals surface area (Å²) in [6, 6.07) is 23.2. The summed E-state index contributed by atoms with van der Waals surface area (Å²) < 4.78 is 6.45. The van der Waals surface area contributed by atoms with Gasteiger partial charge in [-0.15, -0.1) is 0 Å². The Morgan fingerprint density at radius 3 is 2.32 bits per heavy atom. The van der Waals surface area contributed by atoms with Gasteiger partial charge in [0.05, 0.1) is 12.0 Å². The number of carbonyl (C=O) groups is 2. The molecule has 2 aliphatic rings. The monoisotopic (exact) mass is 471 g/mol. The van der Waals surface area contributed by atoms with E-state index in [-0.39, 0.29) is 11.7 Å². The number of hydrogen-bond acceptors (Lipinski definition) is 3. The smallest absolute Gasteiger partial charge is 0.254 e. The lowest BCUT2D eigenvalue weighted by molar-refractivity contribution is -0.128. The quantitative estimate of drug-likeness (QED) is 0.336. The number of likely N-dealkylation sites (tertiary alicyclic amines) is 1. The molecular formula is C29H26ClNO3. The molecular weight excluding hydrogens is 446 g/mol. The summed E-state index contributed by atoms with van der Waals surface area (Å²) in [5.41, 5.74) is 3.39. The molecule has 0 unspecified atom stereocenters. The highest BCUT2D eigenvalue weighted by Gasteiger charge is 2.44. The maximum absolute atomic E-state index is 13.7. The number of ether oxygens (including phenoxy) is 1. The predicted octanol–water partition coefficient (Wildman–Crippen LogP) is 6.22. The van der Waals surface area contributed by atoms with E-state index in [9.17, 15) is 9.59 Å². The number of nitrogens with zero attached hydrogens (tertiary/aromatic N) is 1. The van der Waals surface area contributed by atoms with Gasteiger partial charge in [-0.2, -0.15) is 0 Å². The second-order valence-corrected chi connectivity index (χ2v) is 9.55.